The van der Waals surface area contributed by atoms with Gasteiger partial charge in [-0.15, -0.1) is 24.0 Å². The highest BCUT2D eigenvalue weighted by Gasteiger charge is 2.30. The van der Waals surface area contributed by atoms with Crippen LogP contribution in [0.1, 0.15) is 39.9 Å². The summed E-state index contributed by atoms with van der Waals surface area (Å²) >= 11 is 0. The van der Waals surface area contributed by atoms with Gasteiger partial charge in [-0.05, 0) is 46.2 Å². The predicted molar refractivity (Wildman–Crippen MR) is 113 cm³/mol. The van der Waals surface area contributed by atoms with E-state index in [2.05, 4.69) is 15.6 Å². The van der Waals surface area contributed by atoms with E-state index in [1.54, 1.807) is 11.2 Å². The quantitative estimate of drug-likeness (QED) is 0.387. The summed E-state index contributed by atoms with van der Waals surface area (Å²) in [6.45, 7) is 10.4. The number of rotatable bonds is 5. The molecule has 0 aromatic carbocycles. The average molecular weight is 478 g/mol. The Morgan fingerprint density at radius 2 is 2.23 bits per heavy atom. The number of nitrogens with one attached hydrogen (secondary N) is 2. The van der Waals surface area contributed by atoms with Crippen LogP contribution in [0.4, 0.5) is 4.79 Å². The van der Waals surface area contributed by atoms with Crippen LogP contribution in [0.25, 0.3) is 0 Å². The molecule has 0 bridgehead atoms. The molecule has 1 aliphatic rings. The first kappa shape index (κ1) is 22.6. The number of ether oxygens (including phenoxy) is 1. The minimum atomic E-state index is -0.467. The zero-order valence-corrected chi connectivity index (χ0v) is 18.4. The molecule has 148 valence electrons. The normalized spacial score (nSPS) is 17.6. The number of furan rings is 1. The van der Waals surface area contributed by atoms with Crippen molar-refractivity contribution in [1.29, 1.82) is 0 Å². The molecule has 1 aromatic heterocycles. The Hall–Kier alpha value is -1.45. The average Bonchev–Trinajstić information content (AvgIpc) is 3.17. The highest BCUT2D eigenvalue weighted by molar-refractivity contribution is 14.0. The molecule has 0 aliphatic carbocycles. The van der Waals surface area contributed by atoms with Crippen LogP contribution in [0.15, 0.2) is 27.8 Å². The van der Waals surface area contributed by atoms with Crippen LogP contribution in [0.2, 0.25) is 0 Å². The molecular weight excluding hydrogens is 447 g/mol. The SMILES string of the molecule is CCNC(=NCCc1ccco1)NC1CCN(C(=O)OC(C)(C)C)C1.I. The summed E-state index contributed by atoms with van der Waals surface area (Å²) in [4.78, 5) is 18.5. The van der Waals surface area contributed by atoms with E-state index >= 15 is 0 Å². The Balaban J connectivity index is 0.00000338. The molecule has 2 rings (SSSR count). The number of amides is 1. The number of hydrogen-bond acceptors (Lipinski definition) is 4. The zero-order chi connectivity index (χ0) is 18.3. The van der Waals surface area contributed by atoms with E-state index in [4.69, 9.17) is 9.15 Å². The largest absolute Gasteiger partial charge is 0.469 e. The van der Waals surface area contributed by atoms with Crippen LogP contribution in [-0.2, 0) is 11.2 Å². The van der Waals surface area contributed by atoms with Crippen molar-refractivity contribution in [3.63, 3.8) is 0 Å². The molecule has 1 fully saturated rings. The second kappa shape index (κ2) is 10.6. The minimum absolute atomic E-state index is 0. The molecule has 1 aliphatic heterocycles. The fourth-order valence-electron chi connectivity index (χ4n) is 2.62. The smallest absolute Gasteiger partial charge is 0.410 e. The van der Waals surface area contributed by atoms with Gasteiger partial charge < -0.3 is 24.7 Å². The van der Waals surface area contributed by atoms with Crippen molar-refractivity contribution in [2.75, 3.05) is 26.2 Å². The lowest BCUT2D eigenvalue weighted by molar-refractivity contribution is 0.0292. The summed E-state index contributed by atoms with van der Waals surface area (Å²) in [6, 6.07) is 4.01. The van der Waals surface area contributed by atoms with Gasteiger partial charge in [-0.3, -0.25) is 4.99 Å². The van der Waals surface area contributed by atoms with Crippen LogP contribution >= 0.6 is 24.0 Å². The van der Waals surface area contributed by atoms with Crippen LogP contribution in [0.5, 0.6) is 0 Å². The molecule has 1 aromatic rings. The fourth-order valence-corrected chi connectivity index (χ4v) is 2.62. The van der Waals surface area contributed by atoms with Crippen molar-refractivity contribution >= 4 is 36.0 Å². The van der Waals surface area contributed by atoms with Gasteiger partial charge in [0.25, 0.3) is 0 Å². The topological polar surface area (TPSA) is 79.1 Å². The molecule has 0 saturated carbocycles. The zero-order valence-electron chi connectivity index (χ0n) is 16.1. The van der Waals surface area contributed by atoms with Gasteiger partial charge in [0.05, 0.1) is 6.26 Å². The van der Waals surface area contributed by atoms with Crippen molar-refractivity contribution in [2.45, 2.75) is 52.2 Å². The van der Waals surface area contributed by atoms with Crippen LogP contribution in [0.3, 0.4) is 0 Å². The van der Waals surface area contributed by atoms with Crippen molar-refractivity contribution in [2.24, 2.45) is 4.99 Å². The molecule has 26 heavy (non-hydrogen) atoms. The lowest BCUT2D eigenvalue weighted by atomic mass is 10.2. The number of carbonyl (C=O) groups excluding carboxylic acids is 1. The summed E-state index contributed by atoms with van der Waals surface area (Å²) in [5, 5.41) is 6.65. The summed E-state index contributed by atoms with van der Waals surface area (Å²) in [5.41, 5.74) is -0.467. The standard InChI is InChI=1S/C18H30N4O3.HI/c1-5-19-16(20-10-8-15-7-6-12-24-15)21-14-9-11-22(13-14)17(23)25-18(2,3)4;/h6-7,12,14H,5,8-11,13H2,1-4H3,(H2,19,20,21);1H. The second-order valence-electron chi connectivity index (χ2n) is 7.15. The number of guanidine groups is 1. The van der Waals surface area contributed by atoms with Crippen molar-refractivity contribution in [3.05, 3.63) is 24.2 Å². The van der Waals surface area contributed by atoms with E-state index in [0.717, 1.165) is 31.1 Å². The number of carbonyl (C=O) groups is 1. The Kier molecular flexibility index (Phi) is 9.24. The monoisotopic (exact) mass is 478 g/mol. The van der Waals surface area contributed by atoms with E-state index < -0.39 is 5.60 Å². The van der Waals surface area contributed by atoms with Gasteiger partial charge in [-0.1, -0.05) is 0 Å². The third-order valence-corrected chi connectivity index (χ3v) is 3.73. The van der Waals surface area contributed by atoms with E-state index in [1.165, 1.54) is 0 Å². The maximum absolute atomic E-state index is 12.1. The summed E-state index contributed by atoms with van der Waals surface area (Å²) in [5.74, 6) is 1.70. The lowest BCUT2D eigenvalue weighted by Crippen LogP contribution is -2.45. The lowest BCUT2D eigenvalue weighted by Gasteiger charge is -2.24. The number of halogens is 1. The van der Waals surface area contributed by atoms with E-state index in [0.29, 0.717) is 19.6 Å². The Morgan fingerprint density at radius 3 is 2.85 bits per heavy atom. The van der Waals surface area contributed by atoms with Crippen molar-refractivity contribution in [1.82, 2.24) is 15.5 Å². The van der Waals surface area contributed by atoms with Gasteiger partial charge in [0.1, 0.15) is 11.4 Å². The maximum Gasteiger partial charge on any atom is 0.410 e. The second-order valence-corrected chi connectivity index (χ2v) is 7.15. The molecule has 1 atom stereocenters. The Morgan fingerprint density at radius 1 is 1.46 bits per heavy atom. The molecule has 1 amide bonds. The first-order valence-electron chi connectivity index (χ1n) is 8.92. The summed E-state index contributed by atoms with van der Waals surface area (Å²) in [6.07, 6.45) is 3.06. The van der Waals surface area contributed by atoms with E-state index in [9.17, 15) is 4.79 Å². The van der Waals surface area contributed by atoms with Gasteiger partial charge in [0.2, 0.25) is 0 Å². The minimum Gasteiger partial charge on any atom is -0.469 e. The van der Waals surface area contributed by atoms with Crippen LogP contribution < -0.4 is 10.6 Å². The van der Waals surface area contributed by atoms with Crippen LogP contribution in [-0.4, -0.2) is 54.8 Å². The third kappa shape index (κ3) is 7.84. The van der Waals surface area contributed by atoms with E-state index in [-0.39, 0.29) is 36.1 Å². The number of likely N-dealkylation sites (tertiary alicyclic amines) is 1. The van der Waals surface area contributed by atoms with Crippen molar-refractivity contribution in [3.8, 4) is 0 Å². The first-order valence-corrected chi connectivity index (χ1v) is 8.92. The number of hydrogen-bond donors (Lipinski definition) is 2. The number of aliphatic imine (C=N–C) groups is 1. The molecule has 2 heterocycles. The molecule has 8 heteroatoms. The predicted octanol–water partition coefficient (Wildman–Crippen LogP) is 3.00. The molecule has 2 N–H and O–H groups in total. The van der Waals surface area contributed by atoms with Gasteiger partial charge >= 0.3 is 6.09 Å². The summed E-state index contributed by atoms with van der Waals surface area (Å²) < 4.78 is 10.8. The fraction of sp³-hybridized carbons (Fsp3) is 0.667. The molecule has 7 nitrogen and oxygen atoms in total. The molecule has 1 saturated heterocycles. The Bertz CT molecular complexity index is 569. The van der Waals surface area contributed by atoms with E-state index in [1.807, 2.05) is 39.8 Å². The van der Waals surface area contributed by atoms with Gasteiger partial charge in [0.15, 0.2) is 5.96 Å². The molecule has 1 unspecified atom stereocenters. The van der Waals surface area contributed by atoms with Crippen molar-refractivity contribution < 1.29 is 13.9 Å². The van der Waals surface area contributed by atoms with Gasteiger partial charge in [0, 0.05) is 38.6 Å². The molecule has 0 radical (unpaired) electrons. The molecular formula is C18H31IN4O3. The highest BCUT2D eigenvalue weighted by atomic mass is 127. The Labute approximate surface area is 173 Å². The van der Waals surface area contributed by atoms with Gasteiger partial charge in [-0.2, -0.15) is 0 Å². The first-order chi connectivity index (χ1) is 11.9. The van der Waals surface area contributed by atoms with Crippen LogP contribution in [0, 0.1) is 0 Å². The maximum atomic E-state index is 12.1. The number of nitrogens with zero attached hydrogens (tertiary/aromatic N) is 2. The van der Waals surface area contributed by atoms with Gasteiger partial charge in [-0.25, -0.2) is 4.79 Å². The third-order valence-electron chi connectivity index (χ3n) is 3.73. The summed E-state index contributed by atoms with van der Waals surface area (Å²) in [7, 11) is 0. The molecule has 0 spiro atoms. The highest BCUT2D eigenvalue weighted by Crippen LogP contribution is 2.15.